The van der Waals surface area contributed by atoms with Crippen molar-refractivity contribution in [2.45, 2.75) is 52.6 Å². The van der Waals surface area contributed by atoms with Gasteiger partial charge in [-0.25, -0.2) is 0 Å². The molecule has 2 heterocycles. The highest BCUT2D eigenvalue weighted by molar-refractivity contribution is 5.50. The van der Waals surface area contributed by atoms with Crippen molar-refractivity contribution in [2.24, 2.45) is 0 Å². The monoisotopic (exact) mass is 247 g/mol. The predicted molar refractivity (Wildman–Crippen MR) is 77.2 cm³/mol. The molecular formula is C15H25N3. The average Bonchev–Trinajstić information content (AvgIpc) is 2.28. The predicted octanol–water partition coefficient (Wildman–Crippen LogP) is 2.67. The summed E-state index contributed by atoms with van der Waals surface area (Å²) in [6.07, 6.45) is 2.38. The minimum atomic E-state index is 0.599. The van der Waals surface area contributed by atoms with Crippen molar-refractivity contribution in [3.8, 4) is 0 Å². The fourth-order valence-corrected chi connectivity index (χ4v) is 2.72. The molecule has 1 fully saturated rings. The first kappa shape index (κ1) is 13.3. The summed E-state index contributed by atoms with van der Waals surface area (Å²) >= 11 is 0. The van der Waals surface area contributed by atoms with Crippen molar-refractivity contribution < 1.29 is 0 Å². The second kappa shape index (κ2) is 5.70. The van der Waals surface area contributed by atoms with Crippen LogP contribution in [-0.4, -0.2) is 30.2 Å². The molecule has 0 radical (unpaired) electrons. The van der Waals surface area contributed by atoms with Crippen molar-refractivity contribution in [1.82, 2.24) is 10.3 Å². The molecule has 0 saturated carbocycles. The number of hydrogen-bond acceptors (Lipinski definition) is 3. The summed E-state index contributed by atoms with van der Waals surface area (Å²) in [5.41, 5.74) is 3.57. The molecular weight excluding hydrogens is 222 g/mol. The van der Waals surface area contributed by atoms with E-state index in [4.69, 9.17) is 0 Å². The van der Waals surface area contributed by atoms with Gasteiger partial charge in [0.15, 0.2) is 0 Å². The number of pyridine rings is 1. The van der Waals surface area contributed by atoms with E-state index >= 15 is 0 Å². The van der Waals surface area contributed by atoms with Gasteiger partial charge >= 0.3 is 0 Å². The van der Waals surface area contributed by atoms with Gasteiger partial charge in [0.25, 0.3) is 0 Å². The van der Waals surface area contributed by atoms with Crippen molar-refractivity contribution in [3.63, 3.8) is 0 Å². The summed E-state index contributed by atoms with van der Waals surface area (Å²) in [6.45, 7) is 11.0. The number of anilines is 1. The summed E-state index contributed by atoms with van der Waals surface area (Å²) in [7, 11) is 0. The Morgan fingerprint density at radius 1 is 1.11 bits per heavy atom. The van der Waals surface area contributed by atoms with E-state index in [1.807, 2.05) is 0 Å². The first-order chi connectivity index (χ1) is 8.56. The highest BCUT2D eigenvalue weighted by Crippen LogP contribution is 2.21. The summed E-state index contributed by atoms with van der Waals surface area (Å²) in [4.78, 5) is 7.08. The Balaban J connectivity index is 2.15. The molecule has 1 aromatic heterocycles. The van der Waals surface area contributed by atoms with Crippen molar-refractivity contribution in [2.75, 3.05) is 18.0 Å². The number of hydrogen-bond donors (Lipinski definition) is 1. The van der Waals surface area contributed by atoms with Crippen molar-refractivity contribution in [3.05, 3.63) is 23.5 Å². The molecule has 3 nitrogen and oxygen atoms in total. The molecule has 1 N–H and O–H groups in total. The molecule has 0 spiro atoms. The van der Waals surface area contributed by atoms with E-state index in [0.29, 0.717) is 12.1 Å². The van der Waals surface area contributed by atoms with Crippen LogP contribution in [0, 0.1) is 13.8 Å². The second-order valence-electron chi connectivity index (χ2n) is 5.59. The maximum absolute atomic E-state index is 4.58. The molecule has 2 unspecified atom stereocenters. The zero-order valence-corrected chi connectivity index (χ0v) is 12.0. The SMILES string of the molecule is Cc1ccc(N2CCC(C)NC(C)CC2)c(C)n1. The minimum Gasteiger partial charge on any atom is -0.370 e. The van der Waals surface area contributed by atoms with Crippen LogP contribution in [0.25, 0.3) is 0 Å². The molecule has 1 saturated heterocycles. The van der Waals surface area contributed by atoms with Gasteiger partial charge in [-0.15, -0.1) is 0 Å². The second-order valence-corrected chi connectivity index (χ2v) is 5.59. The van der Waals surface area contributed by atoms with Crippen LogP contribution in [0.4, 0.5) is 5.69 Å². The fraction of sp³-hybridized carbons (Fsp3) is 0.667. The number of aromatic nitrogens is 1. The van der Waals surface area contributed by atoms with Crippen molar-refractivity contribution in [1.29, 1.82) is 0 Å². The van der Waals surface area contributed by atoms with Gasteiger partial charge in [-0.05, 0) is 52.7 Å². The van der Waals surface area contributed by atoms with Crippen LogP contribution in [-0.2, 0) is 0 Å². The van der Waals surface area contributed by atoms with Gasteiger partial charge in [-0.2, -0.15) is 0 Å². The Morgan fingerprint density at radius 3 is 2.28 bits per heavy atom. The molecule has 1 aromatic rings. The van der Waals surface area contributed by atoms with E-state index in [2.05, 4.69) is 55.0 Å². The number of nitrogens with one attached hydrogen (secondary N) is 1. The Hall–Kier alpha value is -1.09. The summed E-state index contributed by atoms with van der Waals surface area (Å²) in [5, 5.41) is 3.64. The van der Waals surface area contributed by atoms with Gasteiger partial charge in [0.1, 0.15) is 0 Å². The Bertz CT molecular complexity index is 391. The minimum absolute atomic E-state index is 0.599. The molecule has 1 aliphatic rings. The van der Waals surface area contributed by atoms with E-state index in [-0.39, 0.29) is 0 Å². The molecule has 18 heavy (non-hydrogen) atoms. The van der Waals surface area contributed by atoms with E-state index < -0.39 is 0 Å². The first-order valence-electron chi connectivity index (χ1n) is 7.01. The van der Waals surface area contributed by atoms with Crippen LogP contribution in [0.5, 0.6) is 0 Å². The summed E-state index contributed by atoms with van der Waals surface area (Å²) in [5.74, 6) is 0. The largest absolute Gasteiger partial charge is 0.370 e. The molecule has 1 aliphatic heterocycles. The standard InChI is InChI=1S/C15H25N3/c1-11-5-6-15(14(4)17-11)18-9-7-12(2)16-13(3)8-10-18/h5-6,12-13,16H,7-10H2,1-4H3. The number of rotatable bonds is 1. The molecule has 2 rings (SSSR count). The molecule has 3 heteroatoms. The Morgan fingerprint density at radius 2 is 1.72 bits per heavy atom. The zero-order chi connectivity index (χ0) is 13.1. The van der Waals surface area contributed by atoms with Crippen LogP contribution < -0.4 is 10.2 Å². The molecule has 2 atom stereocenters. The quantitative estimate of drug-likeness (QED) is 0.827. The number of aryl methyl sites for hydroxylation is 2. The average molecular weight is 247 g/mol. The third-order valence-electron chi connectivity index (χ3n) is 3.77. The molecule has 0 bridgehead atoms. The van der Waals surface area contributed by atoms with Crippen LogP contribution in [0.3, 0.4) is 0 Å². The van der Waals surface area contributed by atoms with Gasteiger partial charge in [0, 0.05) is 30.9 Å². The molecule has 0 amide bonds. The highest BCUT2D eigenvalue weighted by atomic mass is 15.1. The summed E-state index contributed by atoms with van der Waals surface area (Å²) in [6, 6.07) is 5.54. The zero-order valence-electron chi connectivity index (χ0n) is 12.0. The van der Waals surface area contributed by atoms with E-state index in [9.17, 15) is 0 Å². The third kappa shape index (κ3) is 3.22. The topological polar surface area (TPSA) is 28.2 Å². The third-order valence-corrected chi connectivity index (χ3v) is 3.77. The highest BCUT2D eigenvalue weighted by Gasteiger charge is 2.17. The van der Waals surface area contributed by atoms with E-state index in [0.717, 1.165) is 24.5 Å². The molecule has 0 aromatic carbocycles. The first-order valence-corrected chi connectivity index (χ1v) is 7.01. The normalized spacial score (nSPS) is 25.7. The van der Waals surface area contributed by atoms with Crippen LogP contribution in [0.1, 0.15) is 38.1 Å². The maximum atomic E-state index is 4.58. The lowest BCUT2D eigenvalue weighted by molar-refractivity contribution is 0.404. The Labute approximate surface area is 111 Å². The lowest BCUT2D eigenvalue weighted by atomic mass is 10.1. The summed E-state index contributed by atoms with van der Waals surface area (Å²) < 4.78 is 0. The Kier molecular flexibility index (Phi) is 4.23. The van der Waals surface area contributed by atoms with Gasteiger partial charge in [-0.3, -0.25) is 4.98 Å². The van der Waals surface area contributed by atoms with Gasteiger partial charge < -0.3 is 10.2 Å². The van der Waals surface area contributed by atoms with Gasteiger partial charge in [0.2, 0.25) is 0 Å². The van der Waals surface area contributed by atoms with Crippen molar-refractivity contribution >= 4 is 5.69 Å². The van der Waals surface area contributed by atoms with Crippen LogP contribution in [0.15, 0.2) is 12.1 Å². The molecule has 100 valence electrons. The van der Waals surface area contributed by atoms with Crippen LogP contribution >= 0.6 is 0 Å². The van der Waals surface area contributed by atoms with E-state index in [1.165, 1.54) is 18.5 Å². The van der Waals surface area contributed by atoms with Crippen LogP contribution in [0.2, 0.25) is 0 Å². The lowest BCUT2D eigenvalue weighted by Crippen LogP contribution is -2.43. The fourth-order valence-electron chi connectivity index (χ4n) is 2.72. The van der Waals surface area contributed by atoms with E-state index in [1.54, 1.807) is 0 Å². The maximum Gasteiger partial charge on any atom is 0.0608 e. The van der Waals surface area contributed by atoms with Gasteiger partial charge in [0.05, 0.1) is 11.4 Å². The molecule has 0 aliphatic carbocycles. The lowest BCUT2D eigenvalue weighted by Gasteiger charge is -2.33. The number of nitrogens with zero attached hydrogens (tertiary/aromatic N) is 2. The van der Waals surface area contributed by atoms with Gasteiger partial charge in [-0.1, -0.05) is 0 Å². The smallest absolute Gasteiger partial charge is 0.0608 e.